The Hall–Kier alpha value is -3.42. The molecule has 0 spiro atoms. The van der Waals surface area contributed by atoms with E-state index in [1.165, 1.54) is 17.3 Å². The zero-order valence-corrected chi connectivity index (χ0v) is 22.4. The molecule has 2 amide bonds. The summed E-state index contributed by atoms with van der Waals surface area (Å²) in [6.07, 6.45) is 0.702. The number of aryl methyl sites for hydroxylation is 3. The van der Waals surface area contributed by atoms with E-state index >= 15 is 0 Å². The predicted octanol–water partition coefficient (Wildman–Crippen LogP) is 6.44. The van der Waals surface area contributed by atoms with Crippen molar-refractivity contribution in [3.8, 4) is 0 Å². The average molecular weight is 531 g/mol. The first-order valence-corrected chi connectivity index (χ1v) is 13.4. The van der Waals surface area contributed by atoms with Crippen LogP contribution in [-0.4, -0.2) is 33.0 Å². The number of nitrogens with zero attached hydrogens (tertiary/aromatic N) is 3. The number of benzene rings is 3. The third-order valence-corrected chi connectivity index (χ3v) is 7.75. The number of rotatable bonds is 5. The van der Waals surface area contributed by atoms with E-state index < -0.39 is 5.25 Å². The zero-order valence-electron chi connectivity index (χ0n) is 20.9. The van der Waals surface area contributed by atoms with E-state index in [4.69, 9.17) is 16.7 Å². The molecule has 0 saturated carbocycles. The van der Waals surface area contributed by atoms with Gasteiger partial charge in [0.2, 0.25) is 5.91 Å². The number of hydrogen-bond acceptors (Lipinski definition) is 5. The molecule has 1 N–H and O–H groups in total. The second-order valence-electron chi connectivity index (χ2n) is 9.50. The molecule has 2 aliphatic heterocycles. The van der Waals surface area contributed by atoms with Gasteiger partial charge in [-0.05, 0) is 67.3 Å². The summed E-state index contributed by atoms with van der Waals surface area (Å²) in [5.41, 5.74) is 7.03. The van der Waals surface area contributed by atoms with Gasteiger partial charge >= 0.3 is 0 Å². The Bertz CT molecular complexity index is 1400. The number of anilines is 1. The van der Waals surface area contributed by atoms with Crippen LogP contribution >= 0.6 is 23.4 Å². The Labute approximate surface area is 225 Å². The van der Waals surface area contributed by atoms with Gasteiger partial charge in [0, 0.05) is 23.6 Å². The van der Waals surface area contributed by atoms with Crippen LogP contribution in [0, 0.1) is 20.8 Å². The lowest BCUT2D eigenvalue weighted by Gasteiger charge is -2.23. The van der Waals surface area contributed by atoms with Crippen molar-refractivity contribution in [2.75, 3.05) is 5.32 Å². The first kappa shape index (κ1) is 25.2. The van der Waals surface area contributed by atoms with E-state index in [9.17, 15) is 9.59 Å². The molecule has 2 aliphatic rings. The average Bonchev–Trinajstić information content (AvgIpc) is 3.43. The van der Waals surface area contributed by atoms with Gasteiger partial charge in [-0.25, -0.2) is 5.01 Å². The lowest BCUT2D eigenvalue weighted by Crippen LogP contribution is -2.25. The molecule has 0 bridgehead atoms. The van der Waals surface area contributed by atoms with Gasteiger partial charge in [0.25, 0.3) is 5.91 Å². The van der Waals surface area contributed by atoms with Crippen LogP contribution in [0.15, 0.2) is 76.8 Å². The second-order valence-corrected chi connectivity index (χ2v) is 11.1. The highest BCUT2D eigenvalue weighted by Gasteiger charge is 2.39. The topological polar surface area (TPSA) is 74.1 Å². The van der Waals surface area contributed by atoms with Crippen LogP contribution in [0.1, 0.15) is 46.7 Å². The highest BCUT2D eigenvalue weighted by atomic mass is 35.5. The third kappa shape index (κ3) is 5.78. The Kier molecular flexibility index (Phi) is 7.17. The molecule has 2 heterocycles. The van der Waals surface area contributed by atoms with Crippen LogP contribution in [0.2, 0.25) is 5.02 Å². The van der Waals surface area contributed by atoms with Crippen LogP contribution in [0.3, 0.4) is 0 Å². The summed E-state index contributed by atoms with van der Waals surface area (Å²) >= 11 is 7.43. The fourth-order valence-corrected chi connectivity index (χ4v) is 5.77. The van der Waals surface area contributed by atoms with Crippen molar-refractivity contribution in [1.82, 2.24) is 5.01 Å². The van der Waals surface area contributed by atoms with E-state index in [1.807, 2.05) is 61.3 Å². The van der Waals surface area contributed by atoms with Gasteiger partial charge in [0.05, 0.1) is 11.8 Å². The van der Waals surface area contributed by atoms with E-state index in [2.05, 4.69) is 41.5 Å². The molecule has 0 aromatic heterocycles. The van der Waals surface area contributed by atoms with E-state index in [0.29, 0.717) is 16.6 Å². The molecule has 37 heavy (non-hydrogen) atoms. The molecule has 2 atom stereocenters. The molecular formula is C29H27ClN4O2S. The maximum absolute atomic E-state index is 12.8. The van der Waals surface area contributed by atoms with Crippen LogP contribution in [-0.2, 0) is 9.59 Å². The van der Waals surface area contributed by atoms with Crippen molar-refractivity contribution in [2.45, 2.75) is 44.9 Å². The summed E-state index contributed by atoms with van der Waals surface area (Å²) in [6.45, 7) is 6.02. The smallest absolute Gasteiger partial charge is 0.262 e. The van der Waals surface area contributed by atoms with Crippen LogP contribution in [0.4, 0.5) is 5.69 Å². The van der Waals surface area contributed by atoms with Gasteiger partial charge in [0.1, 0.15) is 5.25 Å². The quantitative estimate of drug-likeness (QED) is 0.411. The molecule has 3 aromatic carbocycles. The predicted molar refractivity (Wildman–Crippen MR) is 151 cm³/mol. The Balaban J connectivity index is 1.35. The monoisotopic (exact) mass is 530 g/mol. The highest BCUT2D eigenvalue weighted by molar-refractivity contribution is 8.15. The van der Waals surface area contributed by atoms with Gasteiger partial charge in [-0.1, -0.05) is 71.4 Å². The minimum absolute atomic E-state index is 0.0392. The van der Waals surface area contributed by atoms with E-state index in [-0.39, 0.29) is 24.3 Å². The number of nitrogens with one attached hydrogen (secondary N) is 1. The second kappa shape index (κ2) is 10.5. The number of hydrazone groups is 1. The molecule has 3 aromatic rings. The number of carbonyl (C=O) groups excluding carboxylic acids is 2. The maximum atomic E-state index is 12.8. The van der Waals surface area contributed by atoms with Gasteiger partial charge in [-0.3, -0.25) is 9.59 Å². The third-order valence-electron chi connectivity index (χ3n) is 6.35. The molecule has 0 fully saturated rings. The highest BCUT2D eigenvalue weighted by Crippen LogP contribution is 2.39. The largest absolute Gasteiger partial charge is 0.326 e. The number of hydrogen-bond donors (Lipinski definition) is 1. The number of halogens is 1. The Morgan fingerprint density at radius 1 is 1.00 bits per heavy atom. The summed E-state index contributed by atoms with van der Waals surface area (Å²) < 4.78 is 0. The molecule has 5 rings (SSSR count). The SMILES string of the molecule is Cc1ccc(C2=NN(C3=NC(=O)C(CC(=O)Nc4cc(C)cc(C)c4)S3)C(c3ccc(Cl)cc3)C2)cc1. The van der Waals surface area contributed by atoms with Crippen LogP contribution in [0.5, 0.6) is 0 Å². The summed E-state index contributed by atoms with van der Waals surface area (Å²) in [7, 11) is 0. The van der Waals surface area contributed by atoms with Crippen molar-refractivity contribution >= 4 is 51.7 Å². The zero-order chi connectivity index (χ0) is 26.1. The minimum Gasteiger partial charge on any atom is -0.326 e. The minimum atomic E-state index is -0.592. The number of thioether (sulfide) groups is 1. The normalized spacial score (nSPS) is 19.1. The summed E-state index contributed by atoms with van der Waals surface area (Å²) in [6, 6.07) is 21.7. The molecule has 6 nitrogen and oxygen atoms in total. The molecular weight excluding hydrogens is 504 g/mol. The van der Waals surface area contributed by atoms with Crippen molar-refractivity contribution in [1.29, 1.82) is 0 Å². The van der Waals surface area contributed by atoms with Crippen molar-refractivity contribution in [3.63, 3.8) is 0 Å². The maximum Gasteiger partial charge on any atom is 0.262 e. The van der Waals surface area contributed by atoms with Gasteiger partial charge in [-0.2, -0.15) is 10.1 Å². The molecule has 0 radical (unpaired) electrons. The van der Waals surface area contributed by atoms with Gasteiger partial charge in [-0.15, -0.1) is 0 Å². The van der Waals surface area contributed by atoms with Crippen molar-refractivity contribution < 1.29 is 9.59 Å². The summed E-state index contributed by atoms with van der Waals surface area (Å²) in [4.78, 5) is 29.9. The van der Waals surface area contributed by atoms with Gasteiger partial charge in [0.15, 0.2) is 5.17 Å². The van der Waals surface area contributed by atoms with Crippen molar-refractivity contribution in [2.24, 2.45) is 10.1 Å². The first-order valence-electron chi connectivity index (χ1n) is 12.1. The number of carbonyl (C=O) groups is 2. The molecule has 0 aliphatic carbocycles. The molecule has 8 heteroatoms. The number of aliphatic imine (C=N–C) groups is 1. The fourth-order valence-electron chi connectivity index (χ4n) is 4.58. The standard InChI is InChI=1S/C29H27ClN4O2S/c1-17-4-6-20(7-5-17)24-15-25(21-8-10-22(30)11-9-21)34(33-24)29-32-28(36)26(37-29)16-27(35)31-23-13-18(2)12-19(3)14-23/h4-14,25-26H,15-16H2,1-3H3,(H,31,35). The van der Waals surface area contributed by atoms with E-state index in [1.54, 1.807) is 0 Å². The van der Waals surface area contributed by atoms with Crippen molar-refractivity contribution in [3.05, 3.63) is 99.6 Å². The summed E-state index contributed by atoms with van der Waals surface area (Å²) in [5, 5.41) is 10.2. The molecule has 188 valence electrons. The molecule has 2 unspecified atom stereocenters. The lowest BCUT2D eigenvalue weighted by atomic mass is 9.98. The Morgan fingerprint density at radius 3 is 2.35 bits per heavy atom. The van der Waals surface area contributed by atoms with E-state index in [0.717, 1.165) is 33.7 Å². The van der Waals surface area contributed by atoms with Crippen LogP contribution in [0.25, 0.3) is 0 Å². The first-order chi connectivity index (χ1) is 17.7. The Morgan fingerprint density at radius 2 is 1.68 bits per heavy atom. The number of amidine groups is 1. The van der Waals surface area contributed by atoms with Gasteiger partial charge < -0.3 is 5.32 Å². The lowest BCUT2D eigenvalue weighted by molar-refractivity contribution is -0.121. The number of amides is 2. The van der Waals surface area contributed by atoms with Crippen LogP contribution < -0.4 is 5.32 Å². The molecule has 0 saturated heterocycles. The summed E-state index contributed by atoms with van der Waals surface area (Å²) in [5.74, 6) is -0.531. The fraction of sp³-hybridized carbons (Fsp3) is 0.241.